The zero-order chi connectivity index (χ0) is 57.2. The third-order valence-electron chi connectivity index (χ3n) is 15.3. The summed E-state index contributed by atoms with van der Waals surface area (Å²) in [4.78, 5) is 37.7. The van der Waals surface area contributed by atoms with E-state index in [9.17, 15) is 19.0 Å². The fourth-order valence-electron chi connectivity index (χ4n) is 10.2. The molecule has 1 amide bonds. The van der Waals surface area contributed by atoms with Crippen molar-refractivity contribution in [3.8, 4) is 0 Å². The summed E-state index contributed by atoms with van der Waals surface area (Å²) < 4.78 is 30.7. The van der Waals surface area contributed by atoms with E-state index in [1.54, 1.807) is 0 Å². The second-order valence-corrected chi connectivity index (χ2v) is 25.8. The first-order valence-corrected chi connectivity index (χ1v) is 35.3. The predicted octanol–water partition coefficient (Wildman–Crippen LogP) is 21.1. The van der Waals surface area contributed by atoms with E-state index in [0.717, 1.165) is 83.5 Å². The molecule has 2 N–H and O–H groups in total. The van der Waals surface area contributed by atoms with Crippen LogP contribution < -0.4 is 5.32 Å². The van der Waals surface area contributed by atoms with Gasteiger partial charge >= 0.3 is 13.8 Å². The number of likely N-dealkylation sites (N-methyl/N-ethyl adjacent to an activating group) is 1. The van der Waals surface area contributed by atoms with Gasteiger partial charge < -0.3 is 19.4 Å². The molecule has 460 valence electrons. The third kappa shape index (κ3) is 58.9. The maximum atomic E-state index is 13.5. The number of unbranched alkanes of at least 4 members (excludes halogenated alkanes) is 42. The number of phosphoric ester groups is 1. The van der Waals surface area contributed by atoms with E-state index < -0.39 is 20.0 Å². The lowest BCUT2D eigenvalue weighted by atomic mass is 10.0. The molecular weight excluding hydrogens is 988 g/mol. The fourth-order valence-corrected chi connectivity index (χ4v) is 10.9. The maximum Gasteiger partial charge on any atom is 0.472 e. The highest BCUT2D eigenvalue weighted by Crippen LogP contribution is 2.43. The summed E-state index contributed by atoms with van der Waals surface area (Å²) >= 11 is 0. The minimum atomic E-state index is -4.45. The Balaban J connectivity index is 4.93. The van der Waals surface area contributed by atoms with Crippen LogP contribution in [0.1, 0.15) is 335 Å². The average Bonchev–Trinajstić information content (AvgIpc) is 3.40. The molecule has 0 saturated heterocycles. The van der Waals surface area contributed by atoms with Crippen molar-refractivity contribution in [2.75, 3.05) is 40.9 Å². The molecule has 0 fully saturated rings. The van der Waals surface area contributed by atoms with E-state index in [2.05, 4.69) is 50.4 Å². The molecule has 0 aliphatic rings. The average molecular weight is 1120 g/mol. The van der Waals surface area contributed by atoms with Crippen molar-refractivity contribution >= 4 is 19.7 Å². The molecule has 0 bridgehead atoms. The number of amides is 1. The summed E-state index contributed by atoms with van der Waals surface area (Å²) in [6, 6.07) is -0.848. The smallest absolute Gasteiger partial charge is 0.456 e. The summed E-state index contributed by atoms with van der Waals surface area (Å²) in [5.41, 5.74) is 0. The molecule has 78 heavy (non-hydrogen) atoms. The molecule has 0 spiro atoms. The zero-order valence-corrected chi connectivity index (χ0v) is 53.6. The minimum absolute atomic E-state index is 0.0407. The molecule has 0 aromatic heterocycles. The highest BCUT2D eigenvalue weighted by Gasteiger charge is 2.30. The first kappa shape index (κ1) is 76.2. The Labute approximate surface area is 485 Å². The molecule has 0 rings (SSSR count). The van der Waals surface area contributed by atoms with Gasteiger partial charge in [0, 0.05) is 12.8 Å². The molecule has 0 aromatic rings. The molecular formula is C68H132N2O7P+. The van der Waals surface area contributed by atoms with Crippen molar-refractivity contribution in [2.45, 2.75) is 348 Å². The number of ether oxygens (including phenoxy) is 1. The quantitative estimate of drug-likeness (QED) is 0.0205. The van der Waals surface area contributed by atoms with Crippen molar-refractivity contribution < 1.29 is 37.3 Å². The van der Waals surface area contributed by atoms with Gasteiger partial charge in [0.25, 0.3) is 0 Å². The van der Waals surface area contributed by atoms with Crippen LogP contribution in [0.5, 0.6) is 0 Å². The lowest BCUT2D eigenvalue weighted by Gasteiger charge is -2.27. The summed E-state index contributed by atoms with van der Waals surface area (Å²) in [6.45, 7) is 6.94. The van der Waals surface area contributed by atoms with E-state index in [-0.39, 0.29) is 25.1 Å². The lowest BCUT2D eigenvalue weighted by molar-refractivity contribution is -0.870. The summed E-state index contributed by atoms with van der Waals surface area (Å²) in [5, 5.41) is 3.06. The van der Waals surface area contributed by atoms with Crippen LogP contribution in [0.25, 0.3) is 0 Å². The van der Waals surface area contributed by atoms with Gasteiger partial charge in [0.05, 0.1) is 33.8 Å². The highest BCUT2D eigenvalue weighted by molar-refractivity contribution is 7.47. The minimum Gasteiger partial charge on any atom is -0.456 e. The number of phosphoric acid groups is 1. The van der Waals surface area contributed by atoms with Crippen molar-refractivity contribution in [3.63, 3.8) is 0 Å². The maximum absolute atomic E-state index is 13.5. The van der Waals surface area contributed by atoms with Gasteiger partial charge in [-0.15, -0.1) is 0 Å². The third-order valence-corrected chi connectivity index (χ3v) is 16.3. The molecule has 0 aromatic carbocycles. The lowest BCUT2D eigenvalue weighted by Crippen LogP contribution is -2.47. The summed E-state index contributed by atoms with van der Waals surface area (Å²) in [5.74, 6) is -0.500. The Kier molecular flexibility index (Phi) is 57.1. The Morgan fingerprint density at radius 3 is 1.22 bits per heavy atom. The fraction of sp³-hybridized carbons (Fsp3) is 0.882. The Bertz CT molecular complexity index is 1430. The Hall–Kier alpha value is -1.77. The van der Waals surface area contributed by atoms with E-state index in [0.29, 0.717) is 23.9 Å². The largest absolute Gasteiger partial charge is 0.472 e. The van der Waals surface area contributed by atoms with Crippen LogP contribution in [-0.4, -0.2) is 74.3 Å². The molecule has 0 radical (unpaired) electrons. The van der Waals surface area contributed by atoms with Gasteiger partial charge in [-0.2, -0.15) is 0 Å². The Morgan fingerprint density at radius 1 is 0.462 bits per heavy atom. The van der Waals surface area contributed by atoms with Crippen molar-refractivity contribution in [1.29, 1.82) is 0 Å². The van der Waals surface area contributed by atoms with Gasteiger partial charge in [0.1, 0.15) is 19.3 Å². The molecule has 9 nitrogen and oxygen atoms in total. The number of nitrogens with zero attached hydrogens (tertiary/aromatic N) is 1. The van der Waals surface area contributed by atoms with Gasteiger partial charge in [-0.25, -0.2) is 4.57 Å². The SMILES string of the molecule is CC/C=C/C/C=C/CCCCCCCCCC(=O)NC(COP(=O)(O)OCC[N+](C)(C)C)C(/C=C\CCCCCCCCCCC)OC(=O)CCCCCCCCCCCCCCCCCCCCCCCCCCCCC. The van der Waals surface area contributed by atoms with Crippen molar-refractivity contribution in [3.05, 3.63) is 36.5 Å². The number of esters is 1. The normalized spacial score (nSPS) is 13.8. The van der Waals surface area contributed by atoms with E-state index >= 15 is 0 Å². The topological polar surface area (TPSA) is 111 Å². The number of carbonyl (C=O) groups is 2. The number of nitrogens with one attached hydrogen (secondary N) is 1. The van der Waals surface area contributed by atoms with Gasteiger partial charge in [0.15, 0.2) is 0 Å². The van der Waals surface area contributed by atoms with Crippen LogP contribution in [0.3, 0.4) is 0 Å². The van der Waals surface area contributed by atoms with E-state index in [4.69, 9.17) is 13.8 Å². The monoisotopic (exact) mass is 1120 g/mol. The molecule has 3 atom stereocenters. The molecule has 0 saturated carbocycles. The number of hydrogen-bond acceptors (Lipinski definition) is 6. The number of hydrogen-bond donors (Lipinski definition) is 2. The van der Waals surface area contributed by atoms with E-state index in [1.165, 1.54) is 218 Å². The molecule has 3 unspecified atom stereocenters. The Morgan fingerprint density at radius 2 is 0.821 bits per heavy atom. The van der Waals surface area contributed by atoms with Crippen molar-refractivity contribution in [2.24, 2.45) is 0 Å². The van der Waals surface area contributed by atoms with Gasteiger partial charge in [0.2, 0.25) is 5.91 Å². The van der Waals surface area contributed by atoms with Crippen molar-refractivity contribution in [1.82, 2.24) is 5.32 Å². The van der Waals surface area contributed by atoms with Crippen LogP contribution in [0.15, 0.2) is 36.5 Å². The van der Waals surface area contributed by atoms with Gasteiger partial charge in [-0.1, -0.05) is 302 Å². The molecule has 10 heteroatoms. The molecule has 0 aliphatic carbocycles. The standard InChI is InChI=1S/C68H131N2O7P/c1-7-10-13-16-19-22-25-27-29-30-31-32-33-34-35-36-37-38-39-40-41-43-46-49-52-55-58-61-68(72)77-66(59-56-53-50-47-44-24-21-18-15-12-9-3)65(64-76-78(73,74)75-63-62-70(4,5)6)69-67(71)60-57-54-51-48-45-42-28-26-23-20-17-14-11-8-2/h11,14,20,23,56,59,65-66H,7-10,12-13,15-19,21-22,24-55,57-58,60-64H2,1-6H3,(H-,69,71,73,74)/p+1/b14-11+,23-20+,59-56-. The van der Waals surface area contributed by atoms with Crippen LogP contribution in [0, 0.1) is 0 Å². The zero-order valence-electron chi connectivity index (χ0n) is 52.7. The van der Waals surface area contributed by atoms with Crippen LogP contribution in [0.4, 0.5) is 0 Å². The number of allylic oxidation sites excluding steroid dienone is 5. The van der Waals surface area contributed by atoms with E-state index in [1.807, 2.05) is 33.3 Å². The number of carbonyl (C=O) groups excluding carboxylic acids is 2. The van der Waals surface area contributed by atoms with Crippen LogP contribution in [0.2, 0.25) is 0 Å². The summed E-state index contributed by atoms with van der Waals surface area (Å²) in [7, 11) is 1.50. The first-order chi connectivity index (χ1) is 37.9. The molecule has 0 heterocycles. The van der Waals surface area contributed by atoms with Crippen LogP contribution >= 0.6 is 7.82 Å². The molecule has 0 aliphatic heterocycles. The second kappa shape index (κ2) is 58.4. The number of rotatable bonds is 62. The van der Waals surface area contributed by atoms with Gasteiger partial charge in [-0.05, 0) is 57.4 Å². The predicted molar refractivity (Wildman–Crippen MR) is 337 cm³/mol. The highest BCUT2D eigenvalue weighted by atomic mass is 31.2. The first-order valence-electron chi connectivity index (χ1n) is 33.8. The van der Waals surface area contributed by atoms with Gasteiger partial charge in [-0.3, -0.25) is 18.6 Å². The summed E-state index contributed by atoms with van der Waals surface area (Å²) in [6.07, 6.45) is 71.7. The van der Waals surface area contributed by atoms with Crippen LogP contribution in [-0.2, 0) is 27.9 Å². The number of quaternary nitrogens is 1. The second-order valence-electron chi connectivity index (χ2n) is 24.3.